The van der Waals surface area contributed by atoms with E-state index >= 15 is 0 Å². The Hall–Kier alpha value is -1.88. The summed E-state index contributed by atoms with van der Waals surface area (Å²) in [4.78, 5) is 18.8. The van der Waals surface area contributed by atoms with Crippen molar-refractivity contribution in [3.63, 3.8) is 0 Å². The van der Waals surface area contributed by atoms with Gasteiger partial charge in [-0.1, -0.05) is 12.1 Å². The van der Waals surface area contributed by atoms with Crippen molar-refractivity contribution >= 4 is 21.8 Å². The molecule has 23 heavy (non-hydrogen) atoms. The van der Waals surface area contributed by atoms with Gasteiger partial charge in [-0.3, -0.25) is 9.78 Å². The van der Waals surface area contributed by atoms with Gasteiger partial charge in [0.25, 0.3) is 5.91 Å². The van der Waals surface area contributed by atoms with Crippen molar-refractivity contribution in [1.82, 2.24) is 9.88 Å². The maximum Gasteiger partial charge on any atom is 0.255 e. The van der Waals surface area contributed by atoms with Crippen LogP contribution in [0, 0.1) is 0 Å². The lowest BCUT2D eigenvalue weighted by molar-refractivity contribution is 0.0735. The van der Waals surface area contributed by atoms with Gasteiger partial charge in [-0.25, -0.2) is 0 Å². The number of nitrogens with zero attached hydrogens (tertiary/aromatic N) is 2. The van der Waals surface area contributed by atoms with Crippen molar-refractivity contribution in [2.45, 2.75) is 25.8 Å². The first-order chi connectivity index (χ1) is 11.2. The highest BCUT2D eigenvalue weighted by Crippen LogP contribution is 2.34. The summed E-state index contributed by atoms with van der Waals surface area (Å²) in [5, 5.41) is 0. The lowest BCUT2D eigenvalue weighted by atomic mass is 10.0. The molecule has 0 radical (unpaired) electrons. The average molecular weight is 375 g/mol. The Kier molecular flexibility index (Phi) is 4.96. The van der Waals surface area contributed by atoms with Crippen LogP contribution in [0.5, 0.6) is 5.75 Å². The van der Waals surface area contributed by atoms with Crippen molar-refractivity contribution < 1.29 is 9.53 Å². The van der Waals surface area contributed by atoms with E-state index in [-0.39, 0.29) is 11.9 Å². The van der Waals surface area contributed by atoms with Gasteiger partial charge in [0.15, 0.2) is 0 Å². The first kappa shape index (κ1) is 16.0. The molecule has 0 aliphatic carbocycles. The Morgan fingerprint density at radius 1 is 1.35 bits per heavy atom. The van der Waals surface area contributed by atoms with Gasteiger partial charge >= 0.3 is 0 Å². The number of aromatic nitrogens is 1. The standard InChI is InChI=1S/C18H19BrN2O2/c1-2-23-16-7-5-13(6-8-16)17-4-3-9-21(17)18(22)14-10-15(19)12-20-11-14/h5-8,10-12,17H,2-4,9H2,1H3/t17-/m1/s1. The van der Waals surface area contributed by atoms with Crippen LogP contribution in [0.2, 0.25) is 0 Å². The highest BCUT2D eigenvalue weighted by Gasteiger charge is 2.30. The number of carbonyl (C=O) groups excluding carboxylic acids is 1. The molecule has 1 atom stereocenters. The van der Waals surface area contributed by atoms with E-state index in [1.54, 1.807) is 12.4 Å². The SMILES string of the molecule is CCOc1ccc([C@H]2CCCN2C(=O)c2cncc(Br)c2)cc1. The molecule has 2 aromatic rings. The zero-order chi connectivity index (χ0) is 16.2. The molecule has 1 amide bonds. The number of hydrogen-bond acceptors (Lipinski definition) is 3. The van der Waals surface area contributed by atoms with Gasteiger partial charge in [0.1, 0.15) is 5.75 Å². The summed E-state index contributed by atoms with van der Waals surface area (Å²) < 4.78 is 6.31. The molecular formula is C18H19BrN2O2. The van der Waals surface area contributed by atoms with E-state index in [0.717, 1.165) is 35.2 Å². The fraction of sp³-hybridized carbons (Fsp3) is 0.333. The van der Waals surface area contributed by atoms with Crippen molar-refractivity contribution in [3.8, 4) is 5.75 Å². The van der Waals surface area contributed by atoms with E-state index in [1.165, 1.54) is 0 Å². The minimum absolute atomic E-state index is 0.0372. The fourth-order valence-corrected chi connectivity index (χ4v) is 3.37. The van der Waals surface area contributed by atoms with Gasteiger partial charge < -0.3 is 9.64 Å². The molecule has 0 saturated carbocycles. The Balaban J connectivity index is 1.81. The Morgan fingerprint density at radius 3 is 2.83 bits per heavy atom. The van der Waals surface area contributed by atoms with Crippen LogP contribution in [0.4, 0.5) is 0 Å². The van der Waals surface area contributed by atoms with E-state index in [4.69, 9.17) is 4.74 Å². The molecule has 1 aromatic heterocycles. The molecule has 0 bridgehead atoms. The molecule has 1 fully saturated rings. The van der Waals surface area contributed by atoms with Crippen molar-refractivity contribution in [1.29, 1.82) is 0 Å². The molecule has 0 spiro atoms. The highest BCUT2D eigenvalue weighted by molar-refractivity contribution is 9.10. The third-order valence-electron chi connectivity index (χ3n) is 4.04. The van der Waals surface area contributed by atoms with E-state index in [2.05, 4.69) is 33.0 Å². The molecule has 5 heteroatoms. The number of ether oxygens (including phenoxy) is 1. The van der Waals surface area contributed by atoms with Gasteiger partial charge in [0.05, 0.1) is 18.2 Å². The van der Waals surface area contributed by atoms with Crippen LogP contribution in [0.3, 0.4) is 0 Å². The summed E-state index contributed by atoms with van der Waals surface area (Å²) in [6.45, 7) is 3.41. The number of likely N-dealkylation sites (tertiary alicyclic amines) is 1. The third-order valence-corrected chi connectivity index (χ3v) is 4.48. The molecule has 3 rings (SSSR count). The van der Waals surface area contributed by atoms with Gasteiger partial charge in [-0.05, 0) is 59.5 Å². The van der Waals surface area contributed by atoms with Gasteiger partial charge in [-0.15, -0.1) is 0 Å². The second kappa shape index (κ2) is 7.13. The quantitative estimate of drug-likeness (QED) is 0.804. The second-order valence-electron chi connectivity index (χ2n) is 5.55. The van der Waals surface area contributed by atoms with Gasteiger partial charge in [0, 0.05) is 23.4 Å². The molecule has 4 nitrogen and oxygen atoms in total. The zero-order valence-corrected chi connectivity index (χ0v) is 14.6. The predicted octanol–water partition coefficient (Wildman–Crippen LogP) is 4.22. The minimum Gasteiger partial charge on any atom is -0.494 e. The average Bonchev–Trinajstić information content (AvgIpc) is 3.05. The first-order valence-corrected chi connectivity index (χ1v) is 8.62. The molecule has 1 aliphatic heterocycles. The van der Waals surface area contributed by atoms with Crippen LogP contribution in [0.25, 0.3) is 0 Å². The Labute approximate surface area is 144 Å². The van der Waals surface area contributed by atoms with Crippen LogP contribution in [-0.2, 0) is 0 Å². The van der Waals surface area contributed by atoms with Crippen molar-refractivity contribution in [3.05, 3.63) is 58.3 Å². The normalized spacial score (nSPS) is 17.3. The maximum absolute atomic E-state index is 12.8. The summed E-state index contributed by atoms with van der Waals surface area (Å²) in [6.07, 6.45) is 5.32. The van der Waals surface area contributed by atoms with Crippen molar-refractivity contribution in [2.24, 2.45) is 0 Å². The maximum atomic E-state index is 12.8. The molecule has 120 valence electrons. The number of carbonyl (C=O) groups is 1. The van der Waals surface area contributed by atoms with Crippen LogP contribution in [0.15, 0.2) is 47.2 Å². The second-order valence-corrected chi connectivity index (χ2v) is 6.47. The largest absolute Gasteiger partial charge is 0.494 e. The molecule has 2 heterocycles. The smallest absolute Gasteiger partial charge is 0.255 e. The van der Waals surface area contributed by atoms with E-state index < -0.39 is 0 Å². The van der Waals surface area contributed by atoms with Gasteiger partial charge in [-0.2, -0.15) is 0 Å². The fourth-order valence-electron chi connectivity index (χ4n) is 3.00. The zero-order valence-electron chi connectivity index (χ0n) is 13.0. The Morgan fingerprint density at radius 2 is 2.13 bits per heavy atom. The van der Waals surface area contributed by atoms with E-state index in [9.17, 15) is 4.79 Å². The number of hydrogen-bond donors (Lipinski definition) is 0. The number of benzene rings is 1. The molecule has 1 saturated heterocycles. The molecular weight excluding hydrogens is 356 g/mol. The van der Waals surface area contributed by atoms with Crippen LogP contribution < -0.4 is 4.74 Å². The predicted molar refractivity (Wildman–Crippen MR) is 92.6 cm³/mol. The molecule has 0 N–H and O–H groups in total. The van der Waals surface area contributed by atoms with Crippen LogP contribution in [-0.4, -0.2) is 28.9 Å². The highest BCUT2D eigenvalue weighted by atomic mass is 79.9. The number of amides is 1. The van der Waals surface area contributed by atoms with E-state index in [0.29, 0.717) is 12.2 Å². The third kappa shape index (κ3) is 3.55. The summed E-state index contributed by atoms with van der Waals surface area (Å²) in [7, 11) is 0. The molecule has 1 aliphatic rings. The van der Waals surface area contributed by atoms with Crippen LogP contribution >= 0.6 is 15.9 Å². The minimum atomic E-state index is 0.0372. The number of pyridine rings is 1. The summed E-state index contributed by atoms with van der Waals surface area (Å²) in [5.41, 5.74) is 1.78. The lowest BCUT2D eigenvalue weighted by Crippen LogP contribution is -2.30. The summed E-state index contributed by atoms with van der Waals surface area (Å²) in [6, 6.07) is 10.0. The monoisotopic (exact) mass is 374 g/mol. The number of halogens is 1. The summed E-state index contributed by atoms with van der Waals surface area (Å²) in [5.74, 6) is 0.901. The molecule has 0 unspecified atom stereocenters. The topological polar surface area (TPSA) is 42.4 Å². The number of rotatable bonds is 4. The van der Waals surface area contributed by atoms with Crippen molar-refractivity contribution in [2.75, 3.05) is 13.2 Å². The lowest BCUT2D eigenvalue weighted by Gasteiger charge is -2.25. The first-order valence-electron chi connectivity index (χ1n) is 7.83. The Bertz CT molecular complexity index is 688. The van der Waals surface area contributed by atoms with E-state index in [1.807, 2.05) is 30.0 Å². The summed E-state index contributed by atoms with van der Waals surface area (Å²) >= 11 is 3.37. The molecule has 1 aromatic carbocycles. The van der Waals surface area contributed by atoms with Crippen LogP contribution in [0.1, 0.15) is 41.7 Å². The van der Waals surface area contributed by atoms with Gasteiger partial charge in [0.2, 0.25) is 0 Å².